The standard InChI is InChI=1S/C14H19N3O4/c1-2-17(9-12(15)18)14(21)16-8-7-10-3-5-11(6-4-10)13(19)20/h3-6H,2,7-9H2,1H3,(H2,15,18)(H,16,21)(H,19,20). The largest absolute Gasteiger partial charge is 0.478 e. The van der Waals surface area contributed by atoms with E-state index < -0.39 is 11.9 Å². The summed E-state index contributed by atoms with van der Waals surface area (Å²) < 4.78 is 0. The van der Waals surface area contributed by atoms with Gasteiger partial charge in [0.15, 0.2) is 0 Å². The first kappa shape index (κ1) is 16.5. The molecule has 3 amide bonds. The number of carbonyl (C=O) groups excluding carboxylic acids is 2. The molecule has 1 aromatic rings. The van der Waals surface area contributed by atoms with Crippen molar-refractivity contribution in [3.05, 3.63) is 35.4 Å². The highest BCUT2D eigenvalue weighted by molar-refractivity contribution is 5.87. The van der Waals surface area contributed by atoms with Crippen molar-refractivity contribution in [3.8, 4) is 0 Å². The molecule has 1 aromatic carbocycles. The van der Waals surface area contributed by atoms with Gasteiger partial charge in [0.05, 0.1) is 5.56 Å². The minimum atomic E-state index is -0.972. The molecule has 0 unspecified atom stereocenters. The Morgan fingerprint density at radius 2 is 1.86 bits per heavy atom. The van der Waals surface area contributed by atoms with Gasteiger partial charge in [-0.15, -0.1) is 0 Å². The number of rotatable bonds is 7. The summed E-state index contributed by atoms with van der Waals surface area (Å²) in [5.41, 5.74) is 6.20. The first-order valence-corrected chi connectivity index (χ1v) is 6.57. The number of carbonyl (C=O) groups is 3. The fraction of sp³-hybridized carbons (Fsp3) is 0.357. The maximum atomic E-state index is 11.8. The summed E-state index contributed by atoms with van der Waals surface area (Å²) in [7, 11) is 0. The Morgan fingerprint density at radius 3 is 2.33 bits per heavy atom. The third-order valence-electron chi connectivity index (χ3n) is 2.91. The van der Waals surface area contributed by atoms with Crippen molar-refractivity contribution in [1.29, 1.82) is 0 Å². The highest BCUT2D eigenvalue weighted by atomic mass is 16.4. The van der Waals surface area contributed by atoms with Gasteiger partial charge in [0.25, 0.3) is 0 Å². The van der Waals surface area contributed by atoms with Crippen LogP contribution in [0.25, 0.3) is 0 Å². The number of primary amides is 1. The van der Waals surface area contributed by atoms with Crippen molar-refractivity contribution in [2.75, 3.05) is 19.6 Å². The van der Waals surface area contributed by atoms with Gasteiger partial charge >= 0.3 is 12.0 Å². The molecule has 0 aromatic heterocycles. The number of nitrogens with zero attached hydrogens (tertiary/aromatic N) is 1. The van der Waals surface area contributed by atoms with Gasteiger partial charge in [0, 0.05) is 13.1 Å². The van der Waals surface area contributed by atoms with Gasteiger partial charge in [0.2, 0.25) is 5.91 Å². The molecule has 114 valence electrons. The number of nitrogens with two attached hydrogens (primary N) is 1. The Bertz CT molecular complexity index is 513. The van der Waals surface area contributed by atoms with Crippen LogP contribution < -0.4 is 11.1 Å². The Morgan fingerprint density at radius 1 is 1.24 bits per heavy atom. The lowest BCUT2D eigenvalue weighted by molar-refractivity contribution is -0.118. The van der Waals surface area contributed by atoms with Gasteiger partial charge in [-0.05, 0) is 31.0 Å². The minimum absolute atomic E-state index is 0.115. The minimum Gasteiger partial charge on any atom is -0.478 e. The van der Waals surface area contributed by atoms with Crippen molar-refractivity contribution in [2.45, 2.75) is 13.3 Å². The molecule has 21 heavy (non-hydrogen) atoms. The number of carboxylic acid groups (broad SMARTS) is 1. The van der Waals surface area contributed by atoms with Crippen LogP contribution in [0.1, 0.15) is 22.8 Å². The van der Waals surface area contributed by atoms with E-state index in [1.807, 2.05) is 0 Å². The summed E-state index contributed by atoms with van der Waals surface area (Å²) in [4.78, 5) is 34.6. The first-order valence-electron chi connectivity index (χ1n) is 6.57. The van der Waals surface area contributed by atoms with E-state index in [0.717, 1.165) is 5.56 Å². The van der Waals surface area contributed by atoms with E-state index in [1.165, 1.54) is 17.0 Å². The van der Waals surface area contributed by atoms with Crippen LogP contribution in [0.5, 0.6) is 0 Å². The van der Waals surface area contributed by atoms with E-state index in [-0.39, 0.29) is 18.1 Å². The van der Waals surface area contributed by atoms with Crippen LogP contribution in [0.2, 0.25) is 0 Å². The van der Waals surface area contributed by atoms with Crippen LogP contribution in [0, 0.1) is 0 Å². The predicted molar refractivity (Wildman–Crippen MR) is 76.9 cm³/mol. The topological polar surface area (TPSA) is 113 Å². The number of amides is 3. The number of aromatic carboxylic acids is 1. The molecule has 4 N–H and O–H groups in total. The van der Waals surface area contributed by atoms with Crippen LogP contribution in [0.4, 0.5) is 4.79 Å². The molecule has 0 fully saturated rings. The second kappa shape index (κ2) is 7.88. The Kier molecular flexibility index (Phi) is 6.19. The maximum absolute atomic E-state index is 11.8. The zero-order valence-electron chi connectivity index (χ0n) is 11.8. The molecule has 0 aliphatic rings. The van der Waals surface area contributed by atoms with Crippen molar-refractivity contribution in [2.24, 2.45) is 5.73 Å². The molecule has 7 heteroatoms. The molecule has 0 aliphatic carbocycles. The van der Waals surface area contributed by atoms with Crippen LogP contribution >= 0.6 is 0 Å². The SMILES string of the molecule is CCN(CC(N)=O)C(=O)NCCc1ccc(C(=O)O)cc1. The van der Waals surface area contributed by atoms with Crippen LogP contribution in [-0.4, -0.2) is 47.5 Å². The van der Waals surface area contributed by atoms with Crippen LogP contribution in [0.3, 0.4) is 0 Å². The quantitative estimate of drug-likeness (QED) is 0.677. The average molecular weight is 293 g/mol. The predicted octanol–water partition coefficient (Wildman–Crippen LogP) is 0.444. The van der Waals surface area contributed by atoms with Crippen molar-refractivity contribution in [1.82, 2.24) is 10.2 Å². The van der Waals surface area contributed by atoms with Crippen LogP contribution in [-0.2, 0) is 11.2 Å². The summed E-state index contributed by atoms with van der Waals surface area (Å²) in [6, 6.07) is 6.10. The molecule has 1 rings (SSSR count). The number of hydrogen-bond acceptors (Lipinski definition) is 3. The van der Waals surface area contributed by atoms with E-state index in [4.69, 9.17) is 10.8 Å². The molecule has 0 saturated heterocycles. The molecule has 0 spiro atoms. The number of urea groups is 1. The second-order valence-electron chi connectivity index (χ2n) is 4.46. The highest BCUT2D eigenvalue weighted by Crippen LogP contribution is 2.04. The zero-order chi connectivity index (χ0) is 15.8. The third kappa shape index (κ3) is 5.52. The van der Waals surface area contributed by atoms with E-state index in [2.05, 4.69) is 5.32 Å². The number of nitrogens with one attached hydrogen (secondary N) is 1. The molecule has 0 radical (unpaired) electrons. The number of carboxylic acids is 1. The maximum Gasteiger partial charge on any atom is 0.335 e. The molecular weight excluding hydrogens is 274 g/mol. The van der Waals surface area contributed by atoms with E-state index in [1.54, 1.807) is 19.1 Å². The Labute approximate surface area is 122 Å². The van der Waals surface area contributed by atoms with Crippen molar-refractivity contribution < 1.29 is 19.5 Å². The zero-order valence-corrected chi connectivity index (χ0v) is 11.8. The second-order valence-corrected chi connectivity index (χ2v) is 4.46. The molecule has 0 heterocycles. The first-order chi connectivity index (χ1) is 9.93. The molecule has 7 nitrogen and oxygen atoms in total. The van der Waals surface area contributed by atoms with Crippen molar-refractivity contribution in [3.63, 3.8) is 0 Å². The summed E-state index contributed by atoms with van der Waals surface area (Å²) in [5, 5.41) is 11.5. The van der Waals surface area contributed by atoms with Gasteiger partial charge in [-0.3, -0.25) is 4.79 Å². The monoisotopic (exact) mass is 293 g/mol. The lowest BCUT2D eigenvalue weighted by Crippen LogP contribution is -2.44. The molecule has 0 bridgehead atoms. The smallest absolute Gasteiger partial charge is 0.335 e. The summed E-state index contributed by atoms with van der Waals surface area (Å²) in [6.45, 7) is 2.42. The summed E-state index contributed by atoms with van der Waals surface area (Å²) >= 11 is 0. The summed E-state index contributed by atoms with van der Waals surface area (Å²) in [5.74, 6) is -1.53. The number of likely N-dealkylation sites (N-methyl/N-ethyl adjacent to an activating group) is 1. The van der Waals surface area contributed by atoms with Crippen LogP contribution in [0.15, 0.2) is 24.3 Å². The molecule has 0 atom stereocenters. The van der Waals surface area contributed by atoms with E-state index in [9.17, 15) is 14.4 Å². The molecule has 0 aliphatic heterocycles. The Balaban J connectivity index is 2.43. The molecular formula is C14H19N3O4. The van der Waals surface area contributed by atoms with E-state index >= 15 is 0 Å². The van der Waals surface area contributed by atoms with Gasteiger partial charge in [0.1, 0.15) is 6.54 Å². The summed E-state index contributed by atoms with van der Waals surface area (Å²) in [6.07, 6.45) is 0.569. The van der Waals surface area contributed by atoms with Crippen molar-refractivity contribution >= 4 is 17.9 Å². The lowest BCUT2D eigenvalue weighted by atomic mass is 10.1. The number of hydrogen-bond donors (Lipinski definition) is 3. The Hall–Kier alpha value is -2.57. The van der Waals surface area contributed by atoms with E-state index in [0.29, 0.717) is 19.5 Å². The average Bonchev–Trinajstić information content (AvgIpc) is 2.44. The molecule has 0 saturated carbocycles. The normalized spacial score (nSPS) is 9.95. The fourth-order valence-electron chi connectivity index (χ4n) is 1.75. The van der Waals surface area contributed by atoms with Gasteiger partial charge in [-0.1, -0.05) is 12.1 Å². The van der Waals surface area contributed by atoms with Gasteiger partial charge < -0.3 is 21.1 Å². The van der Waals surface area contributed by atoms with Gasteiger partial charge in [-0.25, -0.2) is 9.59 Å². The fourth-order valence-corrected chi connectivity index (χ4v) is 1.75. The highest BCUT2D eigenvalue weighted by Gasteiger charge is 2.12. The lowest BCUT2D eigenvalue weighted by Gasteiger charge is -2.19. The third-order valence-corrected chi connectivity index (χ3v) is 2.91. The number of benzene rings is 1. The van der Waals surface area contributed by atoms with Gasteiger partial charge in [-0.2, -0.15) is 0 Å².